The van der Waals surface area contributed by atoms with Gasteiger partial charge in [-0.05, 0) is 42.0 Å². The van der Waals surface area contributed by atoms with Gasteiger partial charge in [-0.3, -0.25) is 9.36 Å². The van der Waals surface area contributed by atoms with Gasteiger partial charge in [-0.15, -0.1) is 21.5 Å². The van der Waals surface area contributed by atoms with Gasteiger partial charge < -0.3 is 14.6 Å². The number of rotatable bonds is 9. The Morgan fingerprint density at radius 3 is 2.67 bits per heavy atom. The molecule has 0 radical (unpaired) electrons. The number of aromatic nitrogens is 3. The normalized spacial score (nSPS) is 14.5. The van der Waals surface area contributed by atoms with Gasteiger partial charge in [0, 0.05) is 18.0 Å². The Hall–Kier alpha value is -3.04. The Kier molecular flexibility index (Phi) is 6.78. The van der Waals surface area contributed by atoms with Crippen molar-refractivity contribution in [1.82, 2.24) is 20.1 Å². The fourth-order valence-electron chi connectivity index (χ4n) is 3.99. The van der Waals surface area contributed by atoms with Crippen LogP contribution in [0.5, 0.6) is 0 Å². The van der Waals surface area contributed by atoms with Crippen molar-refractivity contribution >= 4 is 35.0 Å². The van der Waals surface area contributed by atoms with Crippen molar-refractivity contribution in [3.8, 4) is 0 Å². The molecule has 1 aliphatic rings. The molecule has 1 unspecified atom stereocenters. The smallest absolute Gasteiger partial charge is 0.231 e. The van der Waals surface area contributed by atoms with E-state index < -0.39 is 0 Å². The summed E-state index contributed by atoms with van der Waals surface area (Å²) in [5, 5.41) is 14.8. The molecule has 1 aromatic carbocycles. The number of nitrogens with one attached hydrogen (secondary N) is 1. The molecule has 1 aliphatic heterocycles. The third-order valence-electron chi connectivity index (χ3n) is 5.58. The van der Waals surface area contributed by atoms with Gasteiger partial charge in [-0.2, -0.15) is 0 Å². The van der Waals surface area contributed by atoms with Gasteiger partial charge in [0.2, 0.25) is 11.9 Å². The average Bonchev–Trinajstić information content (AvgIpc) is 3.65. The second-order valence-corrected chi connectivity index (χ2v) is 9.78. The van der Waals surface area contributed by atoms with E-state index >= 15 is 0 Å². The van der Waals surface area contributed by atoms with E-state index in [2.05, 4.69) is 31.0 Å². The third kappa shape index (κ3) is 5.15. The minimum Gasteiger partial charge on any atom is -0.467 e. The van der Waals surface area contributed by atoms with Crippen LogP contribution in [0.3, 0.4) is 0 Å². The number of furan rings is 1. The van der Waals surface area contributed by atoms with E-state index in [4.69, 9.17) is 4.42 Å². The number of hydrogen-bond acceptors (Lipinski definition) is 7. The van der Waals surface area contributed by atoms with Crippen LogP contribution in [0.4, 0.5) is 5.95 Å². The lowest BCUT2D eigenvalue weighted by atomic mass is 10.1. The largest absolute Gasteiger partial charge is 0.467 e. The highest BCUT2D eigenvalue weighted by Crippen LogP contribution is 2.28. The highest BCUT2D eigenvalue weighted by atomic mass is 32.2. The SMILES string of the molecule is O=C(CSc1nnc(N2CCCC2)n1Cc1ccco1)NC(c1ccccc1)c1cccs1. The Balaban J connectivity index is 1.30. The number of carbonyl (C=O) groups is 1. The molecule has 1 amide bonds. The van der Waals surface area contributed by atoms with E-state index in [1.54, 1.807) is 17.6 Å². The maximum absolute atomic E-state index is 13.0. The molecular weight excluding hydrogens is 454 g/mol. The van der Waals surface area contributed by atoms with E-state index in [0.717, 1.165) is 53.2 Å². The third-order valence-corrected chi connectivity index (χ3v) is 7.48. The van der Waals surface area contributed by atoms with Crippen molar-refractivity contribution in [2.24, 2.45) is 0 Å². The fraction of sp³-hybridized carbons (Fsp3) is 0.292. The number of anilines is 1. The quantitative estimate of drug-likeness (QED) is 0.354. The average molecular weight is 480 g/mol. The lowest BCUT2D eigenvalue weighted by Crippen LogP contribution is -2.30. The van der Waals surface area contributed by atoms with Crippen LogP contribution in [-0.4, -0.2) is 39.5 Å². The zero-order valence-electron chi connectivity index (χ0n) is 18.1. The van der Waals surface area contributed by atoms with Gasteiger partial charge in [-0.25, -0.2) is 0 Å². The van der Waals surface area contributed by atoms with Gasteiger partial charge in [0.1, 0.15) is 5.76 Å². The summed E-state index contributed by atoms with van der Waals surface area (Å²) in [6.07, 6.45) is 3.98. The molecule has 1 saturated heterocycles. The first-order chi connectivity index (χ1) is 16.3. The molecule has 3 aromatic heterocycles. The lowest BCUT2D eigenvalue weighted by molar-refractivity contribution is -0.119. The number of carbonyl (C=O) groups excluding carboxylic acids is 1. The van der Waals surface area contributed by atoms with Crippen LogP contribution >= 0.6 is 23.1 Å². The van der Waals surface area contributed by atoms with Gasteiger partial charge in [0.05, 0.1) is 24.6 Å². The molecule has 1 atom stereocenters. The molecule has 9 heteroatoms. The van der Waals surface area contributed by atoms with Crippen molar-refractivity contribution in [2.75, 3.05) is 23.7 Å². The highest BCUT2D eigenvalue weighted by Gasteiger charge is 2.23. The van der Waals surface area contributed by atoms with Crippen LogP contribution < -0.4 is 10.2 Å². The maximum atomic E-state index is 13.0. The van der Waals surface area contributed by atoms with Crippen LogP contribution in [0.25, 0.3) is 0 Å². The van der Waals surface area contributed by atoms with E-state index in [9.17, 15) is 4.79 Å². The Labute approximate surface area is 200 Å². The topological polar surface area (TPSA) is 76.2 Å². The summed E-state index contributed by atoms with van der Waals surface area (Å²) in [5.74, 6) is 1.89. The number of amides is 1. The Morgan fingerprint density at radius 2 is 1.94 bits per heavy atom. The highest BCUT2D eigenvalue weighted by molar-refractivity contribution is 7.99. The molecule has 1 N–H and O–H groups in total. The number of benzene rings is 1. The second kappa shape index (κ2) is 10.3. The Morgan fingerprint density at radius 1 is 1.09 bits per heavy atom. The van der Waals surface area contributed by atoms with E-state index in [-0.39, 0.29) is 17.7 Å². The predicted octanol–water partition coefficient (Wildman–Crippen LogP) is 4.58. The van der Waals surface area contributed by atoms with E-state index in [1.165, 1.54) is 11.8 Å². The number of thioether (sulfide) groups is 1. The zero-order chi connectivity index (χ0) is 22.5. The molecule has 0 saturated carbocycles. The van der Waals surface area contributed by atoms with Crippen molar-refractivity contribution in [3.63, 3.8) is 0 Å². The zero-order valence-corrected chi connectivity index (χ0v) is 19.7. The maximum Gasteiger partial charge on any atom is 0.231 e. The van der Waals surface area contributed by atoms with Gasteiger partial charge >= 0.3 is 0 Å². The molecule has 0 spiro atoms. The van der Waals surface area contributed by atoms with Gasteiger partial charge in [0.15, 0.2) is 5.16 Å². The molecule has 0 bridgehead atoms. The minimum atomic E-state index is -0.166. The summed E-state index contributed by atoms with van der Waals surface area (Å²) < 4.78 is 7.62. The summed E-state index contributed by atoms with van der Waals surface area (Å²) >= 11 is 3.04. The summed E-state index contributed by atoms with van der Waals surface area (Å²) in [5.41, 5.74) is 1.07. The number of nitrogens with zero attached hydrogens (tertiary/aromatic N) is 4. The molecule has 170 valence electrons. The molecule has 5 rings (SSSR count). The van der Waals surface area contributed by atoms with Crippen molar-refractivity contribution < 1.29 is 9.21 Å². The minimum absolute atomic E-state index is 0.0440. The summed E-state index contributed by atoms with van der Waals surface area (Å²) in [6, 6.07) is 17.8. The summed E-state index contributed by atoms with van der Waals surface area (Å²) in [7, 11) is 0. The van der Waals surface area contributed by atoms with Crippen LogP contribution in [0.1, 0.15) is 35.1 Å². The molecule has 4 heterocycles. The molecule has 4 aromatic rings. The van der Waals surface area contributed by atoms with E-state index in [0.29, 0.717) is 6.54 Å². The first-order valence-corrected chi connectivity index (χ1v) is 12.9. The summed E-state index contributed by atoms with van der Waals surface area (Å²) in [6.45, 7) is 2.49. The number of thiophene rings is 1. The predicted molar refractivity (Wildman–Crippen MR) is 131 cm³/mol. The van der Waals surface area contributed by atoms with Gasteiger partial charge in [0.25, 0.3) is 0 Å². The van der Waals surface area contributed by atoms with Crippen LogP contribution in [0.2, 0.25) is 0 Å². The molecule has 1 fully saturated rings. The molecule has 7 nitrogen and oxygen atoms in total. The van der Waals surface area contributed by atoms with Crippen molar-refractivity contribution in [3.05, 3.63) is 82.4 Å². The van der Waals surface area contributed by atoms with E-state index in [1.807, 2.05) is 53.9 Å². The summed E-state index contributed by atoms with van der Waals surface area (Å²) in [4.78, 5) is 16.3. The van der Waals surface area contributed by atoms with Crippen molar-refractivity contribution in [2.45, 2.75) is 30.6 Å². The monoisotopic (exact) mass is 479 g/mol. The molecular formula is C24H25N5O2S2. The second-order valence-electron chi connectivity index (χ2n) is 7.86. The first kappa shape index (κ1) is 21.8. The Bertz CT molecular complexity index is 1150. The van der Waals surface area contributed by atoms with Crippen LogP contribution in [0, 0.1) is 0 Å². The number of hydrogen-bond donors (Lipinski definition) is 1. The standard InChI is InChI=1S/C24H25N5O2S2/c30-21(25-22(20-11-7-15-32-20)18-8-2-1-3-9-18)17-33-24-27-26-23(28-12-4-5-13-28)29(24)16-19-10-6-14-31-19/h1-3,6-11,14-15,22H,4-5,12-13,16-17H2,(H,25,30). The van der Waals surface area contributed by atoms with Crippen LogP contribution in [-0.2, 0) is 11.3 Å². The molecule has 0 aliphatic carbocycles. The first-order valence-electron chi connectivity index (χ1n) is 11.0. The fourth-order valence-corrected chi connectivity index (χ4v) is 5.53. The van der Waals surface area contributed by atoms with Crippen molar-refractivity contribution in [1.29, 1.82) is 0 Å². The van der Waals surface area contributed by atoms with Gasteiger partial charge in [-0.1, -0.05) is 48.2 Å². The molecule has 33 heavy (non-hydrogen) atoms. The van der Waals surface area contributed by atoms with Crippen LogP contribution in [0.15, 0.2) is 75.8 Å². The lowest BCUT2D eigenvalue weighted by Gasteiger charge is -2.19.